The van der Waals surface area contributed by atoms with Gasteiger partial charge in [0.05, 0.1) is 11.9 Å². The number of nitrogens with zero attached hydrogens (tertiary/aromatic N) is 4. The molecule has 0 aliphatic rings. The van der Waals surface area contributed by atoms with Crippen molar-refractivity contribution < 1.29 is 4.74 Å². The zero-order chi connectivity index (χ0) is 16.4. The van der Waals surface area contributed by atoms with Crippen LogP contribution in [0.15, 0.2) is 24.7 Å². The summed E-state index contributed by atoms with van der Waals surface area (Å²) in [5.74, 6) is 0. The van der Waals surface area contributed by atoms with Crippen molar-refractivity contribution in [3.63, 3.8) is 0 Å². The molecular weight excluding hydrogens is 330 g/mol. The lowest BCUT2D eigenvalue weighted by Crippen LogP contribution is -2.22. The number of nitrogens with one attached hydrogen (secondary N) is 1. The molecule has 3 heterocycles. The molecule has 122 valence electrons. The van der Waals surface area contributed by atoms with Crippen LogP contribution in [0.4, 0.5) is 0 Å². The lowest BCUT2D eigenvalue weighted by molar-refractivity contribution is 0.0899. The summed E-state index contributed by atoms with van der Waals surface area (Å²) in [5.41, 5.74) is 2.43. The molecule has 3 rings (SSSR count). The molecule has 0 fully saturated rings. The third-order valence-electron chi connectivity index (χ3n) is 3.59. The van der Waals surface area contributed by atoms with E-state index < -0.39 is 8.07 Å². The highest BCUT2D eigenvalue weighted by Gasteiger charge is 2.14. The second-order valence-electron chi connectivity index (χ2n) is 6.70. The molecule has 23 heavy (non-hydrogen) atoms. The number of H-pyrrole nitrogens is 1. The first-order chi connectivity index (χ1) is 10.9. The summed E-state index contributed by atoms with van der Waals surface area (Å²) in [7, 11) is -1.08. The molecule has 0 aliphatic heterocycles. The first-order valence-corrected chi connectivity index (χ1v) is 11.6. The minimum atomic E-state index is -1.08. The normalized spacial score (nSPS) is 12.2. The van der Waals surface area contributed by atoms with Gasteiger partial charge in [0.2, 0.25) is 5.28 Å². The van der Waals surface area contributed by atoms with Crippen LogP contribution in [0.5, 0.6) is 0 Å². The average Bonchev–Trinajstić information content (AvgIpc) is 3.12. The van der Waals surface area contributed by atoms with Crippen LogP contribution >= 0.6 is 11.6 Å². The van der Waals surface area contributed by atoms with Gasteiger partial charge in [-0.25, -0.2) is 4.98 Å². The maximum absolute atomic E-state index is 6.09. The van der Waals surface area contributed by atoms with Crippen molar-refractivity contribution in [1.82, 2.24) is 24.7 Å². The van der Waals surface area contributed by atoms with E-state index in [4.69, 9.17) is 16.3 Å². The van der Waals surface area contributed by atoms with Gasteiger partial charge < -0.3 is 9.30 Å². The third-order valence-corrected chi connectivity index (χ3v) is 5.46. The van der Waals surface area contributed by atoms with Gasteiger partial charge in [0, 0.05) is 38.0 Å². The molecule has 0 amide bonds. The van der Waals surface area contributed by atoms with E-state index in [0.29, 0.717) is 6.73 Å². The van der Waals surface area contributed by atoms with E-state index >= 15 is 0 Å². The lowest BCUT2D eigenvalue weighted by atomic mass is 10.2. The first-order valence-electron chi connectivity index (χ1n) is 7.53. The Labute approximate surface area is 140 Å². The van der Waals surface area contributed by atoms with E-state index in [1.807, 2.05) is 16.8 Å². The van der Waals surface area contributed by atoms with E-state index in [2.05, 4.69) is 39.8 Å². The predicted octanol–water partition coefficient (Wildman–Crippen LogP) is 3.79. The number of hydrogen-bond acceptors (Lipinski definition) is 4. The maximum Gasteiger partial charge on any atom is 0.224 e. The molecule has 1 N–H and O–H groups in total. The number of hydrogen-bond donors (Lipinski definition) is 1. The highest BCUT2D eigenvalue weighted by molar-refractivity contribution is 6.76. The number of rotatable bonds is 6. The van der Waals surface area contributed by atoms with Crippen LogP contribution in [-0.4, -0.2) is 39.4 Å². The van der Waals surface area contributed by atoms with Crippen LogP contribution in [0.2, 0.25) is 31.0 Å². The number of fused-ring (bicyclic) bond motifs is 1. The fourth-order valence-electron chi connectivity index (χ4n) is 2.28. The maximum atomic E-state index is 6.09. The van der Waals surface area contributed by atoms with Crippen molar-refractivity contribution in [3.8, 4) is 11.3 Å². The van der Waals surface area contributed by atoms with Crippen molar-refractivity contribution >= 4 is 30.7 Å². The summed E-state index contributed by atoms with van der Waals surface area (Å²) in [6.45, 7) is 8.25. The molecule has 0 unspecified atom stereocenters. The van der Waals surface area contributed by atoms with Gasteiger partial charge in [0.1, 0.15) is 12.4 Å². The van der Waals surface area contributed by atoms with Crippen molar-refractivity contribution in [2.45, 2.75) is 32.4 Å². The molecule has 0 saturated heterocycles. The van der Waals surface area contributed by atoms with Crippen LogP contribution in [-0.2, 0) is 11.5 Å². The molecular formula is C15H20ClN5OSi. The molecule has 0 aromatic carbocycles. The summed E-state index contributed by atoms with van der Waals surface area (Å²) in [6.07, 6.45) is 5.47. The van der Waals surface area contributed by atoms with Crippen LogP contribution in [0, 0.1) is 0 Å². The third kappa shape index (κ3) is 3.80. The van der Waals surface area contributed by atoms with Crippen LogP contribution in [0.25, 0.3) is 22.3 Å². The minimum absolute atomic E-state index is 0.218. The minimum Gasteiger partial charge on any atom is -0.361 e. The van der Waals surface area contributed by atoms with Crippen molar-refractivity contribution in [1.29, 1.82) is 0 Å². The highest BCUT2D eigenvalue weighted by Crippen LogP contribution is 2.27. The molecule has 0 bridgehead atoms. The molecule has 0 radical (unpaired) electrons. The number of aromatic amines is 1. The van der Waals surface area contributed by atoms with Gasteiger partial charge in [-0.2, -0.15) is 10.1 Å². The fraction of sp³-hybridized carbons (Fsp3) is 0.400. The summed E-state index contributed by atoms with van der Waals surface area (Å²) >= 11 is 6.09. The van der Waals surface area contributed by atoms with Gasteiger partial charge in [0.15, 0.2) is 0 Å². The molecule has 3 aromatic heterocycles. The number of aromatic nitrogens is 5. The van der Waals surface area contributed by atoms with Gasteiger partial charge in [-0.1, -0.05) is 19.6 Å². The van der Waals surface area contributed by atoms with Crippen LogP contribution < -0.4 is 0 Å². The Morgan fingerprint density at radius 3 is 2.83 bits per heavy atom. The van der Waals surface area contributed by atoms with Crippen LogP contribution in [0.1, 0.15) is 0 Å². The second kappa shape index (κ2) is 6.43. The summed E-state index contributed by atoms with van der Waals surface area (Å²) in [6, 6.07) is 3.12. The van der Waals surface area contributed by atoms with E-state index in [1.165, 1.54) is 0 Å². The zero-order valence-electron chi connectivity index (χ0n) is 13.5. The highest BCUT2D eigenvalue weighted by atomic mass is 35.5. The molecule has 6 nitrogen and oxygen atoms in total. The van der Waals surface area contributed by atoms with E-state index in [9.17, 15) is 0 Å². The van der Waals surface area contributed by atoms with E-state index in [-0.39, 0.29) is 5.28 Å². The molecule has 0 atom stereocenters. The molecule has 0 aliphatic carbocycles. The summed E-state index contributed by atoms with van der Waals surface area (Å²) in [5, 5.41) is 7.92. The molecule has 3 aromatic rings. The summed E-state index contributed by atoms with van der Waals surface area (Å²) in [4.78, 5) is 8.68. The van der Waals surface area contributed by atoms with Crippen molar-refractivity contribution in [3.05, 3.63) is 29.9 Å². The predicted molar refractivity (Wildman–Crippen MR) is 94.2 cm³/mol. The Morgan fingerprint density at radius 1 is 1.30 bits per heavy atom. The summed E-state index contributed by atoms with van der Waals surface area (Å²) < 4.78 is 7.76. The largest absolute Gasteiger partial charge is 0.361 e. The van der Waals surface area contributed by atoms with E-state index in [0.717, 1.165) is 34.9 Å². The Balaban J connectivity index is 1.83. The topological polar surface area (TPSA) is 68.6 Å². The smallest absolute Gasteiger partial charge is 0.224 e. The lowest BCUT2D eigenvalue weighted by Gasteiger charge is -2.15. The Hall–Kier alpha value is -1.70. The molecule has 0 saturated carbocycles. The first kappa shape index (κ1) is 16.2. The second-order valence-corrected chi connectivity index (χ2v) is 12.7. The van der Waals surface area contributed by atoms with Crippen molar-refractivity contribution in [2.24, 2.45) is 0 Å². The molecule has 8 heteroatoms. The van der Waals surface area contributed by atoms with Gasteiger partial charge >= 0.3 is 0 Å². The standard InChI is InChI=1S/C15H20ClN5OSi/c1-23(2,3)7-6-22-10-21-5-4-12-13(11-8-17-18-9-11)19-15(16)20-14(12)21/h4-5,8-9H,6-7,10H2,1-3H3,(H,17,18). The van der Waals surface area contributed by atoms with Gasteiger partial charge in [-0.05, 0) is 23.7 Å². The van der Waals surface area contributed by atoms with E-state index in [1.54, 1.807) is 12.4 Å². The average molecular weight is 350 g/mol. The number of halogens is 1. The van der Waals surface area contributed by atoms with Gasteiger partial charge in [-0.3, -0.25) is 5.10 Å². The van der Waals surface area contributed by atoms with Gasteiger partial charge in [0.25, 0.3) is 0 Å². The Kier molecular flexibility index (Phi) is 4.52. The quantitative estimate of drug-likeness (QED) is 0.417. The zero-order valence-corrected chi connectivity index (χ0v) is 15.3. The van der Waals surface area contributed by atoms with Crippen LogP contribution in [0.3, 0.4) is 0 Å². The molecule has 0 spiro atoms. The van der Waals surface area contributed by atoms with Gasteiger partial charge in [-0.15, -0.1) is 0 Å². The Bertz CT molecular complexity index is 794. The fourth-order valence-corrected chi connectivity index (χ4v) is 3.21. The van der Waals surface area contributed by atoms with Crippen molar-refractivity contribution in [2.75, 3.05) is 6.61 Å². The Morgan fingerprint density at radius 2 is 2.13 bits per heavy atom. The monoisotopic (exact) mass is 349 g/mol. The SMILES string of the molecule is C[Si](C)(C)CCOCn1ccc2c(-c3cn[nH]c3)nc(Cl)nc21. The number of ether oxygens (including phenoxy) is 1.